The molecule has 0 aliphatic heterocycles. The number of amides is 1. The Morgan fingerprint density at radius 1 is 1.28 bits per heavy atom. The molecular weight excluding hydrogens is 370 g/mol. The van der Waals surface area contributed by atoms with Crippen molar-refractivity contribution in [2.45, 2.75) is 18.9 Å². The zero-order valence-corrected chi connectivity index (χ0v) is 15.1. The van der Waals surface area contributed by atoms with E-state index in [0.717, 1.165) is 0 Å². The molecule has 8 nitrogen and oxygen atoms in total. The number of carbonyl (C=O) groups excluding carboxylic acids is 3. The van der Waals surface area contributed by atoms with Crippen LogP contribution in [0.1, 0.15) is 28.6 Å². The van der Waals surface area contributed by atoms with Gasteiger partial charge in [0, 0.05) is 6.20 Å². The first-order chi connectivity index (χ1) is 11.9. The molecule has 2 aromatic heterocycles. The Labute approximate surface area is 152 Å². The summed E-state index contributed by atoms with van der Waals surface area (Å²) < 4.78 is 10.7. The van der Waals surface area contributed by atoms with Gasteiger partial charge in [0.05, 0.1) is 50.0 Å². The van der Waals surface area contributed by atoms with Crippen molar-refractivity contribution < 1.29 is 23.9 Å². The molecule has 0 spiro atoms. The van der Waals surface area contributed by atoms with Gasteiger partial charge in [-0.15, -0.1) is 11.3 Å². The number of rotatable bonds is 7. The van der Waals surface area contributed by atoms with E-state index in [1.807, 2.05) is 0 Å². The van der Waals surface area contributed by atoms with E-state index in [-0.39, 0.29) is 18.7 Å². The van der Waals surface area contributed by atoms with Gasteiger partial charge < -0.3 is 14.8 Å². The highest BCUT2D eigenvalue weighted by Gasteiger charge is 2.22. The molecule has 0 fully saturated rings. The maximum Gasteiger partial charge on any atom is 0.307 e. The first-order valence-electron chi connectivity index (χ1n) is 7.16. The maximum atomic E-state index is 12.2. The summed E-state index contributed by atoms with van der Waals surface area (Å²) in [6.45, 7) is 0. The van der Waals surface area contributed by atoms with Crippen molar-refractivity contribution in [2.75, 3.05) is 19.5 Å². The number of carbonyl (C=O) groups is 3. The van der Waals surface area contributed by atoms with Crippen molar-refractivity contribution in [3.63, 3.8) is 0 Å². The molecule has 0 aliphatic carbocycles. The van der Waals surface area contributed by atoms with Gasteiger partial charge in [-0.3, -0.25) is 19.1 Å². The summed E-state index contributed by atoms with van der Waals surface area (Å²) in [4.78, 5) is 35.6. The van der Waals surface area contributed by atoms with E-state index in [2.05, 4.69) is 19.9 Å². The molecule has 0 unspecified atom stereocenters. The number of halogens is 1. The van der Waals surface area contributed by atoms with Crippen LogP contribution in [0.4, 0.5) is 5.69 Å². The van der Waals surface area contributed by atoms with E-state index >= 15 is 0 Å². The van der Waals surface area contributed by atoms with Crippen LogP contribution in [0.2, 0.25) is 5.02 Å². The molecule has 2 rings (SSSR count). The van der Waals surface area contributed by atoms with E-state index < -0.39 is 18.0 Å². The van der Waals surface area contributed by atoms with Crippen LogP contribution in [-0.4, -0.2) is 41.8 Å². The third-order valence-electron chi connectivity index (χ3n) is 3.32. The van der Waals surface area contributed by atoms with Crippen LogP contribution in [0.15, 0.2) is 23.8 Å². The molecule has 1 N–H and O–H groups in total. The van der Waals surface area contributed by atoms with Crippen LogP contribution in [0.5, 0.6) is 0 Å². The number of esters is 2. The number of hydrogen-bond donors (Lipinski definition) is 1. The van der Waals surface area contributed by atoms with Crippen LogP contribution < -0.4 is 5.32 Å². The van der Waals surface area contributed by atoms with E-state index in [9.17, 15) is 14.4 Å². The Morgan fingerprint density at radius 3 is 2.44 bits per heavy atom. The van der Waals surface area contributed by atoms with Crippen LogP contribution in [0, 0.1) is 0 Å². The zero-order valence-electron chi connectivity index (χ0n) is 13.5. The van der Waals surface area contributed by atoms with Crippen molar-refractivity contribution in [1.29, 1.82) is 0 Å². The minimum atomic E-state index is -0.587. The first kappa shape index (κ1) is 18.9. The molecular formula is C15H16ClN3O5S. The van der Waals surface area contributed by atoms with Crippen molar-refractivity contribution in [1.82, 2.24) is 9.78 Å². The molecule has 2 heterocycles. The van der Waals surface area contributed by atoms with Crippen LogP contribution in [0.25, 0.3) is 0 Å². The van der Waals surface area contributed by atoms with Gasteiger partial charge in [-0.2, -0.15) is 5.10 Å². The number of ether oxygens (including phenoxy) is 2. The lowest BCUT2D eigenvalue weighted by Gasteiger charge is -2.15. The van der Waals surface area contributed by atoms with Crippen molar-refractivity contribution in [3.05, 3.63) is 33.7 Å². The number of hydrogen-bond acceptors (Lipinski definition) is 7. The van der Waals surface area contributed by atoms with E-state index in [4.69, 9.17) is 11.6 Å². The van der Waals surface area contributed by atoms with E-state index in [1.165, 1.54) is 42.6 Å². The first-order valence-corrected chi connectivity index (χ1v) is 8.42. The van der Waals surface area contributed by atoms with Gasteiger partial charge in [-0.25, -0.2) is 0 Å². The molecule has 0 saturated carbocycles. The van der Waals surface area contributed by atoms with Crippen LogP contribution in [0.3, 0.4) is 0 Å². The topological polar surface area (TPSA) is 99.5 Å². The van der Waals surface area contributed by atoms with Gasteiger partial charge in [0.1, 0.15) is 4.88 Å². The molecule has 0 radical (unpaired) electrons. The lowest BCUT2D eigenvalue weighted by atomic mass is 10.1. The fourth-order valence-electron chi connectivity index (χ4n) is 2.06. The number of thiophene rings is 1. The molecule has 0 bridgehead atoms. The monoisotopic (exact) mass is 385 g/mol. The second-order valence-corrected chi connectivity index (χ2v) is 6.30. The van der Waals surface area contributed by atoms with Crippen LogP contribution >= 0.6 is 22.9 Å². The van der Waals surface area contributed by atoms with Crippen molar-refractivity contribution in [2.24, 2.45) is 0 Å². The molecule has 25 heavy (non-hydrogen) atoms. The standard InChI is InChI=1S/C15H16ClN3O5S/c1-23-12(20)5-10(6-13(21)24-2)19-8-9(7-17-19)18-15(22)14-11(16)3-4-25-14/h3-4,7-8,10H,5-6H2,1-2H3,(H,18,22). The fraction of sp³-hybridized carbons (Fsp3) is 0.333. The van der Waals surface area contributed by atoms with Crippen molar-refractivity contribution >= 4 is 46.5 Å². The summed E-state index contributed by atoms with van der Waals surface area (Å²) in [6.07, 6.45) is 2.83. The number of aromatic nitrogens is 2. The largest absolute Gasteiger partial charge is 0.469 e. The Kier molecular flexibility index (Phi) is 6.54. The Balaban J connectivity index is 2.12. The molecule has 134 valence electrons. The van der Waals surface area contributed by atoms with E-state index in [1.54, 1.807) is 11.4 Å². The Bertz CT molecular complexity index is 755. The van der Waals surface area contributed by atoms with Gasteiger partial charge >= 0.3 is 11.9 Å². The molecule has 2 aromatic rings. The molecule has 0 aromatic carbocycles. The number of nitrogens with one attached hydrogen (secondary N) is 1. The predicted molar refractivity (Wildman–Crippen MR) is 91.8 cm³/mol. The van der Waals surface area contributed by atoms with Gasteiger partial charge in [-0.05, 0) is 11.4 Å². The van der Waals surface area contributed by atoms with Gasteiger partial charge in [-0.1, -0.05) is 11.6 Å². The smallest absolute Gasteiger partial charge is 0.307 e. The summed E-state index contributed by atoms with van der Waals surface area (Å²) in [5, 5.41) is 8.85. The highest BCUT2D eigenvalue weighted by molar-refractivity contribution is 7.12. The fourth-order valence-corrected chi connectivity index (χ4v) is 3.09. The maximum absolute atomic E-state index is 12.2. The summed E-state index contributed by atoms with van der Waals surface area (Å²) in [5.41, 5.74) is 0.411. The summed E-state index contributed by atoms with van der Waals surface area (Å²) in [5.74, 6) is -1.34. The predicted octanol–water partition coefficient (Wildman–Crippen LogP) is 2.52. The highest BCUT2D eigenvalue weighted by Crippen LogP contribution is 2.24. The van der Waals surface area contributed by atoms with E-state index in [0.29, 0.717) is 15.6 Å². The normalized spacial score (nSPS) is 10.6. The Hall–Kier alpha value is -2.39. The number of methoxy groups -OCH3 is 2. The summed E-state index contributed by atoms with van der Waals surface area (Å²) in [6, 6.07) is 1.05. The zero-order chi connectivity index (χ0) is 18.4. The number of nitrogens with zero attached hydrogens (tertiary/aromatic N) is 2. The van der Waals surface area contributed by atoms with Crippen LogP contribution in [-0.2, 0) is 19.1 Å². The van der Waals surface area contributed by atoms with Gasteiger partial charge in [0.2, 0.25) is 0 Å². The molecule has 1 amide bonds. The number of anilines is 1. The van der Waals surface area contributed by atoms with Crippen molar-refractivity contribution in [3.8, 4) is 0 Å². The van der Waals surface area contributed by atoms with Gasteiger partial charge in [0.15, 0.2) is 0 Å². The van der Waals surface area contributed by atoms with Gasteiger partial charge in [0.25, 0.3) is 5.91 Å². The quantitative estimate of drug-likeness (QED) is 0.735. The molecule has 10 heteroatoms. The minimum Gasteiger partial charge on any atom is -0.469 e. The molecule has 0 saturated heterocycles. The lowest BCUT2D eigenvalue weighted by molar-refractivity contribution is -0.144. The Morgan fingerprint density at radius 2 is 1.92 bits per heavy atom. The molecule has 0 atom stereocenters. The third-order valence-corrected chi connectivity index (χ3v) is 4.66. The highest BCUT2D eigenvalue weighted by atomic mass is 35.5. The summed E-state index contributed by atoms with van der Waals surface area (Å²) >= 11 is 7.15. The minimum absolute atomic E-state index is 0.0581. The second-order valence-electron chi connectivity index (χ2n) is 4.98. The SMILES string of the molecule is COC(=O)CC(CC(=O)OC)n1cc(NC(=O)c2sccc2Cl)cn1. The average Bonchev–Trinajstić information content (AvgIpc) is 3.22. The second kappa shape index (κ2) is 8.63. The summed E-state index contributed by atoms with van der Waals surface area (Å²) in [7, 11) is 2.52. The third kappa shape index (κ3) is 5.04. The molecule has 0 aliphatic rings. The average molecular weight is 386 g/mol. The lowest BCUT2D eigenvalue weighted by Crippen LogP contribution is -2.19.